The Hall–Kier alpha value is -3.35. The zero-order valence-corrected chi connectivity index (χ0v) is 14.9. The zero-order valence-electron chi connectivity index (χ0n) is 14.9. The molecule has 0 saturated carbocycles. The highest BCUT2D eigenvalue weighted by molar-refractivity contribution is 5.81. The van der Waals surface area contributed by atoms with Crippen LogP contribution < -0.4 is 15.0 Å². The maximum Gasteiger partial charge on any atom is 0.309 e. The van der Waals surface area contributed by atoms with Crippen molar-refractivity contribution in [2.75, 3.05) is 13.2 Å². The molecule has 1 aromatic heterocycles. The van der Waals surface area contributed by atoms with Gasteiger partial charge in [-0.1, -0.05) is 30.3 Å². The topological polar surface area (TPSA) is 90.5 Å². The van der Waals surface area contributed by atoms with E-state index in [1.807, 2.05) is 30.3 Å². The second-order valence-electron chi connectivity index (χ2n) is 5.73. The third kappa shape index (κ3) is 4.84. The number of fused-ring (bicyclic) bond motifs is 1. The predicted molar refractivity (Wildman–Crippen MR) is 99.9 cm³/mol. The van der Waals surface area contributed by atoms with Crippen molar-refractivity contribution in [3.05, 3.63) is 64.7 Å². The molecule has 0 atom stereocenters. The summed E-state index contributed by atoms with van der Waals surface area (Å²) in [7, 11) is 0. The first kappa shape index (κ1) is 18.4. The number of esters is 1. The van der Waals surface area contributed by atoms with Crippen molar-refractivity contribution in [2.24, 2.45) is 0 Å². The average Bonchev–Trinajstić information content (AvgIpc) is 2.68. The van der Waals surface area contributed by atoms with Crippen LogP contribution in [0.2, 0.25) is 0 Å². The summed E-state index contributed by atoms with van der Waals surface area (Å²) in [5.74, 6) is 0.485. The van der Waals surface area contributed by atoms with Crippen LogP contribution in [0, 0.1) is 0 Å². The van der Waals surface area contributed by atoms with Crippen molar-refractivity contribution in [1.82, 2.24) is 9.97 Å². The van der Waals surface area contributed by atoms with Crippen LogP contribution in [0.3, 0.4) is 0 Å². The molecular formula is C20H20N2O5. The van der Waals surface area contributed by atoms with Crippen LogP contribution >= 0.6 is 0 Å². The lowest BCUT2D eigenvalue weighted by Gasteiger charge is -2.13. The third-order valence-electron chi connectivity index (χ3n) is 3.81. The number of carbonyl (C=O) groups is 1. The van der Waals surface area contributed by atoms with Crippen molar-refractivity contribution in [3.63, 3.8) is 0 Å². The average molecular weight is 368 g/mol. The summed E-state index contributed by atoms with van der Waals surface area (Å²) in [5.41, 5.74) is 1.22. The molecule has 7 nitrogen and oxygen atoms in total. The summed E-state index contributed by atoms with van der Waals surface area (Å²) >= 11 is 0. The molecule has 0 spiro atoms. The number of nitrogens with zero attached hydrogens (tertiary/aromatic N) is 1. The van der Waals surface area contributed by atoms with Gasteiger partial charge < -0.3 is 19.2 Å². The molecule has 1 N–H and O–H groups in total. The van der Waals surface area contributed by atoms with E-state index in [1.165, 1.54) is 6.33 Å². The van der Waals surface area contributed by atoms with E-state index in [0.29, 0.717) is 35.6 Å². The fourth-order valence-electron chi connectivity index (χ4n) is 2.51. The van der Waals surface area contributed by atoms with Gasteiger partial charge in [-0.3, -0.25) is 9.59 Å². The number of carbonyl (C=O) groups excluding carboxylic acids is 1. The van der Waals surface area contributed by atoms with Gasteiger partial charge >= 0.3 is 5.97 Å². The first-order chi connectivity index (χ1) is 13.2. The van der Waals surface area contributed by atoms with Crippen LogP contribution in [-0.4, -0.2) is 29.2 Å². The molecule has 1 heterocycles. The molecule has 3 rings (SSSR count). The van der Waals surface area contributed by atoms with Crippen molar-refractivity contribution < 1.29 is 19.0 Å². The van der Waals surface area contributed by atoms with Gasteiger partial charge in [-0.25, -0.2) is 4.98 Å². The van der Waals surface area contributed by atoms with Gasteiger partial charge in [0.05, 0.1) is 36.9 Å². The first-order valence-electron chi connectivity index (χ1n) is 8.64. The van der Waals surface area contributed by atoms with Gasteiger partial charge in [0.15, 0.2) is 11.5 Å². The fraction of sp³-hybridized carbons (Fsp3) is 0.250. The summed E-state index contributed by atoms with van der Waals surface area (Å²) in [6.45, 7) is 2.52. The van der Waals surface area contributed by atoms with Gasteiger partial charge in [0, 0.05) is 6.07 Å². The molecule has 0 fully saturated rings. The fourth-order valence-corrected chi connectivity index (χ4v) is 2.51. The lowest BCUT2D eigenvalue weighted by Crippen LogP contribution is -2.11. The summed E-state index contributed by atoms with van der Waals surface area (Å²) in [5, 5.41) is 0.385. The van der Waals surface area contributed by atoms with E-state index < -0.39 is 0 Å². The molecule has 0 saturated heterocycles. The van der Waals surface area contributed by atoms with Crippen LogP contribution in [0.5, 0.6) is 11.5 Å². The number of nitrogens with one attached hydrogen (secondary N) is 1. The van der Waals surface area contributed by atoms with Gasteiger partial charge in [-0.15, -0.1) is 0 Å². The molecule has 3 aromatic rings. The third-order valence-corrected chi connectivity index (χ3v) is 3.81. The van der Waals surface area contributed by atoms with Crippen molar-refractivity contribution >= 4 is 16.9 Å². The number of aromatic nitrogens is 2. The Morgan fingerprint density at radius 3 is 2.67 bits per heavy atom. The zero-order chi connectivity index (χ0) is 19.1. The Morgan fingerprint density at radius 1 is 1.11 bits per heavy atom. The quantitative estimate of drug-likeness (QED) is 0.615. The Bertz CT molecular complexity index is 969. The molecule has 0 bridgehead atoms. The largest absolute Gasteiger partial charge is 0.489 e. The molecule has 140 valence electrons. The highest BCUT2D eigenvalue weighted by Crippen LogP contribution is 2.31. The van der Waals surface area contributed by atoms with E-state index in [-0.39, 0.29) is 24.6 Å². The Balaban J connectivity index is 1.82. The first-order valence-corrected chi connectivity index (χ1v) is 8.64. The minimum atomic E-state index is -0.343. The van der Waals surface area contributed by atoms with E-state index in [0.717, 1.165) is 5.56 Å². The lowest BCUT2D eigenvalue weighted by atomic mass is 10.2. The number of aromatic amines is 1. The Labute approximate surface area is 155 Å². The number of H-pyrrole nitrogens is 1. The molecule has 0 aliphatic carbocycles. The Morgan fingerprint density at radius 2 is 1.89 bits per heavy atom. The maximum atomic E-state index is 12.0. The van der Waals surface area contributed by atoms with Gasteiger partial charge in [-0.05, 0) is 18.6 Å². The standard InChI is InChI=1S/C20H20N2O5/c1-2-25-19(23)8-9-26-17-10-15-16(21-13-22-20(15)24)11-18(17)27-12-14-6-4-3-5-7-14/h3-7,10-11,13H,2,8-9,12H2,1H3,(H,21,22,24). The van der Waals surface area contributed by atoms with E-state index in [9.17, 15) is 9.59 Å². The van der Waals surface area contributed by atoms with Crippen molar-refractivity contribution in [3.8, 4) is 11.5 Å². The highest BCUT2D eigenvalue weighted by Gasteiger charge is 2.12. The lowest BCUT2D eigenvalue weighted by molar-refractivity contribution is -0.143. The van der Waals surface area contributed by atoms with Gasteiger partial charge in [0.25, 0.3) is 5.56 Å². The molecule has 27 heavy (non-hydrogen) atoms. The number of rotatable bonds is 8. The van der Waals surface area contributed by atoms with Crippen LogP contribution in [0.25, 0.3) is 10.9 Å². The van der Waals surface area contributed by atoms with Crippen LogP contribution in [0.1, 0.15) is 18.9 Å². The number of benzene rings is 2. The second-order valence-corrected chi connectivity index (χ2v) is 5.73. The van der Waals surface area contributed by atoms with Gasteiger partial charge in [-0.2, -0.15) is 0 Å². The summed E-state index contributed by atoms with van der Waals surface area (Å²) in [4.78, 5) is 30.2. The van der Waals surface area contributed by atoms with Gasteiger partial charge in [0.1, 0.15) is 6.61 Å². The smallest absolute Gasteiger partial charge is 0.309 e. The number of ether oxygens (including phenoxy) is 3. The van der Waals surface area contributed by atoms with Crippen molar-refractivity contribution in [2.45, 2.75) is 20.0 Å². The van der Waals surface area contributed by atoms with E-state index >= 15 is 0 Å². The summed E-state index contributed by atoms with van der Waals surface area (Å²) in [6.07, 6.45) is 1.44. The Kier molecular flexibility index (Phi) is 6.04. The predicted octanol–water partition coefficient (Wildman–Crippen LogP) is 2.83. The summed E-state index contributed by atoms with van der Waals surface area (Å²) < 4.78 is 16.5. The maximum absolute atomic E-state index is 12.0. The van der Waals surface area contributed by atoms with Crippen LogP contribution in [0.4, 0.5) is 0 Å². The molecule has 0 aliphatic heterocycles. The van der Waals surface area contributed by atoms with Gasteiger partial charge in [0.2, 0.25) is 0 Å². The summed E-state index contributed by atoms with van der Waals surface area (Å²) in [6, 6.07) is 12.9. The van der Waals surface area contributed by atoms with E-state index in [1.54, 1.807) is 19.1 Å². The van der Waals surface area contributed by atoms with Crippen molar-refractivity contribution in [1.29, 1.82) is 0 Å². The number of hydrogen-bond donors (Lipinski definition) is 1. The molecule has 7 heteroatoms. The number of hydrogen-bond acceptors (Lipinski definition) is 6. The van der Waals surface area contributed by atoms with E-state index in [2.05, 4.69) is 9.97 Å². The second kappa shape index (κ2) is 8.84. The van der Waals surface area contributed by atoms with E-state index in [4.69, 9.17) is 14.2 Å². The molecule has 0 radical (unpaired) electrons. The minimum Gasteiger partial charge on any atom is -0.489 e. The highest BCUT2D eigenvalue weighted by atomic mass is 16.5. The molecule has 2 aromatic carbocycles. The SMILES string of the molecule is CCOC(=O)CCOc1cc2c(=O)[nH]cnc2cc1OCc1ccccc1. The van der Waals surface area contributed by atoms with Crippen LogP contribution in [0.15, 0.2) is 53.6 Å². The monoisotopic (exact) mass is 368 g/mol. The minimum absolute atomic E-state index is 0.105. The van der Waals surface area contributed by atoms with Crippen LogP contribution in [-0.2, 0) is 16.1 Å². The molecule has 0 aliphatic rings. The normalized spacial score (nSPS) is 10.6. The molecule has 0 amide bonds. The molecule has 0 unspecified atom stereocenters. The molecular weight excluding hydrogens is 348 g/mol.